The molecular weight excluding hydrogens is 817 g/mol. The number of fused-ring (bicyclic) bond motifs is 3. The van der Waals surface area contributed by atoms with E-state index in [4.69, 9.17) is 0 Å². The summed E-state index contributed by atoms with van der Waals surface area (Å²) in [5.41, 5.74) is 15.4. The van der Waals surface area contributed by atoms with Crippen LogP contribution in [0.15, 0.2) is 224 Å². The first kappa shape index (κ1) is 37.6. The van der Waals surface area contributed by atoms with Crippen LogP contribution in [-0.4, -0.2) is 0 Å². The Morgan fingerprint density at radius 1 is 0.250 bits per heavy atom. The molecule has 1 aliphatic carbocycles. The van der Waals surface area contributed by atoms with Crippen LogP contribution >= 0.6 is 0 Å². The lowest BCUT2D eigenvalue weighted by molar-refractivity contribution is 1.00. The van der Waals surface area contributed by atoms with E-state index in [0.29, 0.717) is 0 Å². The molecule has 0 bridgehead atoms. The van der Waals surface area contributed by atoms with E-state index in [1.165, 1.54) is 153 Å². The molecule has 0 N–H and O–H groups in total. The molecular formula is C68H42. The molecule has 0 amide bonds. The van der Waals surface area contributed by atoms with Gasteiger partial charge in [0, 0.05) is 0 Å². The second-order valence-electron chi connectivity index (χ2n) is 19.0. The monoisotopic (exact) mass is 858 g/mol. The van der Waals surface area contributed by atoms with E-state index in [9.17, 15) is 0 Å². The summed E-state index contributed by atoms with van der Waals surface area (Å²) in [4.78, 5) is 0. The third kappa shape index (κ3) is 5.55. The highest BCUT2D eigenvalue weighted by Gasteiger charge is 2.21. The summed E-state index contributed by atoms with van der Waals surface area (Å²) in [6.45, 7) is 0. The summed E-state index contributed by atoms with van der Waals surface area (Å²) in [5.74, 6) is 0. The zero-order valence-corrected chi connectivity index (χ0v) is 37.4. The minimum Gasteiger partial charge on any atom is -0.0620 e. The first-order chi connectivity index (χ1) is 33.7. The summed E-state index contributed by atoms with van der Waals surface area (Å²) < 4.78 is 0. The third-order valence-electron chi connectivity index (χ3n) is 15.4. The Bertz CT molecular complexity index is 4400. The van der Waals surface area contributed by atoms with Gasteiger partial charge in [-0.05, 0) is 184 Å². The average Bonchev–Trinajstić information content (AvgIpc) is 3.40. The Balaban J connectivity index is 0.966. The van der Waals surface area contributed by atoms with Gasteiger partial charge in [0.15, 0.2) is 0 Å². The first-order valence-electron chi connectivity index (χ1n) is 24.0. The van der Waals surface area contributed by atoms with E-state index in [1.807, 2.05) is 0 Å². The lowest BCUT2D eigenvalue weighted by Gasteiger charge is -2.21. The van der Waals surface area contributed by atoms with Crippen molar-refractivity contribution in [3.8, 4) is 44.5 Å². The van der Waals surface area contributed by atoms with Crippen LogP contribution in [0.1, 0.15) is 23.1 Å². The molecule has 0 atom stereocenters. The molecule has 0 nitrogen and oxygen atoms in total. The fourth-order valence-corrected chi connectivity index (χ4v) is 12.3. The van der Waals surface area contributed by atoms with Crippen LogP contribution in [0.4, 0.5) is 0 Å². The van der Waals surface area contributed by atoms with Gasteiger partial charge in [-0.3, -0.25) is 0 Å². The van der Waals surface area contributed by atoms with E-state index in [2.05, 4.69) is 231 Å². The molecule has 14 aromatic carbocycles. The van der Waals surface area contributed by atoms with Crippen molar-refractivity contribution in [2.24, 2.45) is 0 Å². The Hall–Kier alpha value is -8.58. The second kappa shape index (κ2) is 14.5. The van der Waals surface area contributed by atoms with Crippen LogP contribution in [0, 0.1) is 0 Å². The average molecular weight is 859 g/mol. The molecule has 14 aromatic rings. The summed E-state index contributed by atoms with van der Waals surface area (Å²) in [6, 6.07) is 85.0. The molecule has 0 saturated carbocycles. The summed E-state index contributed by atoms with van der Waals surface area (Å²) >= 11 is 0. The van der Waals surface area contributed by atoms with E-state index >= 15 is 0 Å². The lowest BCUT2D eigenvalue weighted by atomic mass is 9.82. The SMILES string of the molecule is C1=C(c2ccc3c(-c4cccc(-c5ccc6ccc7cccc8ccc5c6c78)c4)c4ccccc4c(-c4cccc(-c5ccc6ccc7cccc8ccc5c6c78)c4)c3c2)CCc2ccccc21. The van der Waals surface area contributed by atoms with Gasteiger partial charge in [0.2, 0.25) is 0 Å². The van der Waals surface area contributed by atoms with Crippen LogP contribution in [0.5, 0.6) is 0 Å². The Morgan fingerprint density at radius 2 is 0.691 bits per heavy atom. The summed E-state index contributed by atoms with van der Waals surface area (Å²) in [7, 11) is 0. The smallest absolute Gasteiger partial charge is 0.00206 e. The van der Waals surface area contributed by atoms with Crippen molar-refractivity contribution in [3.05, 3.63) is 241 Å². The molecule has 0 aliphatic heterocycles. The fourth-order valence-electron chi connectivity index (χ4n) is 12.3. The van der Waals surface area contributed by atoms with Crippen LogP contribution in [0.3, 0.4) is 0 Å². The maximum Gasteiger partial charge on any atom is -0.00206 e. The van der Waals surface area contributed by atoms with Crippen LogP contribution in [-0.2, 0) is 6.42 Å². The van der Waals surface area contributed by atoms with Gasteiger partial charge < -0.3 is 0 Å². The topological polar surface area (TPSA) is 0 Å². The van der Waals surface area contributed by atoms with Crippen LogP contribution in [0.2, 0.25) is 0 Å². The third-order valence-corrected chi connectivity index (χ3v) is 15.4. The highest BCUT2D eigenvalue weighted by molar-refractivity contribution is 6.28. The molecule has 1 aliphatic rings. The molecule has 0 fully saturated rings. The number of hydrogen-bond donors (Lipinski definition) is 0. The number of allylic oxidation sites excluding steroid dienone is 1. The van der Waals surface area contributed by atoms with Crippen molar-refractivity contribution >= 4 is 97.8 Å². The van der Waals surface area contributed by atoms with Gasteiger partial charge in [-0.1, -0.05) is 212 Å². The zero-order valence-electron chi connectivity index (χ0n) is 37.4. The summed E-state index contributed by atoms with van der Waals surface area (Å²) in [6.07, 6.45) is 4.49. The number of aryl methyl sites for hydroxylation is 1. The molecule has 0 radical (unpaired) electrons. The highest BCUT2D eigenvalue weighted by atomic mass is 14.2. The summed E-state index contributed by atoms with van der Waals surface area (Å²) in [5, 5.41) is 20.8. The largest absolute Gasteiger partial charge is 0.0620 e. The van der Waals surface area contributed by atoms with Gasteiger partial charge in [0.25, 0.3) is 0 Å². The van der Waals surface area contributed by atoms with E-state index < -0.39 is 0 Å². The van der Waals surface area contributed by atoms with Gasteiger partial charge in [-0.25, -0.2) is 0 Å². The van der Waals surface area contributed by atoms with Crippen LogP contribution < -0.4 is 0 Å². The lowest BCUT2D eigenvalue weighted by Crippen LogP contribution is -1.99. The van der Waals surface area contributed by atoms with E-state index in [1.54, 1.807) is 0 Å². The maximum absolute atomic E-state index is 2.51. The molecule has 0 unspecified atom stereocenters. The second-order valence-corrected chi connectivity index (χ2v) is 19.0. The quantitative estimate of drug-likeness (QED) is 0.119. The molecule has 314 valence electrons. The number of rotatable bonds is 5. The zero-order chi connectivity index (χ0) is 44.5. The molecule has 0 spiro atoms. The minimum absolute atomic E-state index is 1.02. The normalized spacial score (nSPS) is 13.0. The van der Waals surface area contributed by atoms with Gasteiger partial charge in [-0.15, -0.1) is 0 Å². The predicted molar refractivity (Wildman–Crippen MR) is 293 cm³/mol. The van der Waals surface area contributed by atoms with Gasteiger partial charge in [-0.2, -0.15) is 0 Å². The molecule has 68 heavy (non-hydrogen) atoms. The van der Waals surface area contributed by atoms with Crippen molar-refractivity contribution in [2.75, 3.05) is 0 Å². The number of hydrogen-bond acceptors (Lipinski definition) is 0. The van der Waals surface area contributed by atoms with Gasteiger partial charge in [0.05, 0.1) is 0 Å². The Labute approximate surface area is 394 Å². The maximum atomic E-state index is 2.51. The van der Waals surface area contributed by atoms with Crippen molar-refractivity contribution < 1.29 is 0 Å². The molecule has 0 heteroatoms. The number of benzene rings is 14. The molecule has 0 aromatic heterocycles. The molecule has 15 rings (SSSR count). The molecule has 0 heterocycles. The van der Waals surface area contributed by atoms with Crippen molar-refractivity contribution in [1.29, 1.82) is 0 Å². The Kier molecular flexibility index (Phi) is 8.00. The van der Waals surface area contributed by atoms with Gasteiger partial charge in [0.1, 0.15) is 0 Å². The highest BCUT2D eigenvalue weighted by Crippen LogP contribution is 2.48. The Morgan fingerprint density at radius 3 is 1.28 bits per heavy atom. The van der Waals surface area contributed by atoms with Crippen molar-refractivity contribution in [1.82, 2.24) is 0 Å². The van der Waals surface area contributed by atoms with Crippen molar-refractivity contribution in [2.45, 2.75) is 12.8 Å². The minimum atomic E-state index is 1.02. The van der Waals surface area contributed by atoms with Gasteiger partial charge >= 0.3 is 0 Å². The standard InChI is InChI=1S/C68H42/c1-2-10-48-37-49(26-21-41(48)9-1)50-31-36-61-62(40-50)66(54-18-8-16-52(39-54)56-33-28-47-25-23-43-12-6-14-45-30-35-60(56)68(47)64(43)45)58-20-4-3-19-57(58)65(61)53-17-7-15-51(38-53)55-32-27-46-24-22-42-11-5-13-44-29-34-59(55)67(46)63(42)44/h1-20,22-25,27-40H,21,26H2. The fraction of sp³-hybridized carbons (Fsp3) is 0.0294. The van der Waals surface area contributed by atoms with Crippen molar-refractivity contribution in [3.63, 3.8) is 0 Å². The van der Waals surface area contributed by atoms with E-state index in [-0.39, 0.29) is 0 Å². The van der Waals surface area contributed by atoms with E-state index in [0.717, 1.165) is 12.8 Å². The molecule has 0 saturated heterocycles. The first-order valence-corrected chi connectivity index (χ1v) is 24.0. The predicted octanol–water partition coefficient (Wildman–Crippen LogP) is 18.9. The van der Waals surface area contributed by atoms with Crippen LogP contribution in [0.25, 0.3) is 142 Å².